The second kappa shape index (κ2) is 4.48. The fraction of sp³-hybridized carbons (Fsp3) is 0.250. The van der Waals surface area contributed by atoms with Crippen LogP contribution in [0.3, 0.4) is 0 Å². The number of nitrogens with zero attached hydrogens (tertiary/aromatic N) is 1. The molecule has 0 unspecified atom stereocenters. The van der Waals surface area contributed by atoms with Crippen LogP contribution >= 0.6 is 11.6 Å². The average molecular weight is 231 g/mol. The van der Waals surface area contributed by atoms with Crippen LogP contribution in [0.2, 0.25) is 5.02 Å². The Labute approximate surface area is 91.5 Å². The molecule has 0 amide bonds. The molecule has 1 aromatic carbocycles. The Balaban J connectivity index is 3.55. The Morgan fingerprint density at radius 2 is 2.33 bits per heavy atom. The lowest BCUT2D eigenvalue weighted by atomic mass is 9.96. The van der Waals surface area contributed by atoms with Crippen LogP contribution in [-0.4, -0.2) is 19.9 Å². The van der Waals surface area contributed by atoms with Crippen LogP contribution in [-0.2, 0) is 6.32 Å². The van der Waals surface area contributed by atoms with E-state index in [1.165, 1.54) is 13.2 Å². The van der Waals surface area contributed by atoms with Gasteiger partial charge in [0.05, 0.1) is 17.1 Å². The Hall–Kier alpha value is -1.30. The van der Waals surface area contributed by atoms with Crippen LogP contribution in [0.4, 0.5) is 10.1 Å². The molecule has 0 radical (unpaired) electrons. The summed E-state index contributed by atoms with van der Waals surface area (Å²) in [6, 6.07) is 1.34. The van der Waals surface area contributed by atoms with Gasteiger partial charge < -0.3 is 4.74 Å². The van der Waals surface area contributed by atoms with Crippen LogP contribution in [0, 0.1) is 15.9 Å². The normalized spacial score (nSPS) is 10.1. The van der Waals surface area contributed by atoms with Gasteiger partial charge in [0.1, 0.15) is 7.85 Å². The lowest BCUT2D eigenvalue weighted by Crippen LogP contribution is -2.02. The molecular formula is C8H8BClFNO3. The molecule has 0 aliphatic rings. The molecule has 0 saturated carbocycles. The van der Waals surface area contributed by atoms with Crippen molar-refractivity contribution in [1.82, 2.24) is 0 Å². The van der Waals surface area contributed by atoms with Gasteiger partial charge in [0, 0.05) is 0 Å². The molecule has 0 aliphatic carbocycles. The lowest BCUT2D eigenvalue weighted by molar-refractivity contribution is -0.388. The molecule has 0 aliphatic heterocycles. The predicted molar refractivity (Wildman–Crippen MR) is 56.9 cm³/mol. The third-order valence-electron chi connectivity index (χ3n) is 1.99. The van der Waals surface area contributed by atoms with Gasteiger partial charge in [-0.05, 0) is 11.6 Å². The first kappa shape index (κ1) is 11.8. The van der Waals surface area contributed by atoms with Crippen LogP contribution < -0.4 is 4.74 Å². The second-order valence-corrected chi connectivity index (χ2v) is 3.23. The van der Waals surface area contributed by atoms with E-state index in [4.69, 9.17) is 16.3 Å². The topological polar surface area (TPSA) is 52.4 Å². The number of rotatable bonds is 3. The zero-order chi connectivity index (χ0) is 11.6. The maximum Gasteiger partial charge on any atom is 0.348 e. The van der Waals surface area contributed by atoms with Crippen molar-refractivity contribution in [2.75, 3.05) is 7.11 Å². The van der Waals surface area contributed by atoms with Gasteiger partial charge in [0.25, 0.3) is 0 Å². The molecule has 0 heterocycles. The molecule has 0 bridgehead atoms. The number of hydrogen-bond acceptors (Lipinski definition) is 3. The van der Waals surface area contributed by atoms with Crippen LogP contribution in [0.25, 0.3) is 0 Å². The van der Waals surface area contributed by atoms with Gasteiger partial charge in [-0.3, -0.25) is 10.1 Å². The van der Waals surface area contributed by atoms with Gasteiger partial charge >= 0.3 is 5.69 Å². The zero-order valence-corrected chi connectivity index (χ0v) is 8.97. The van der Waals surface area contributed by atoms with E-state index in [0.29, 0.717) is 6.32 Å². The maximum absolute atomic E-state index is 13.6. The average Bonchev–Trinajstić information content (AvgIpc) is 2.19. The SMILES string of the molecule is BCc1cc(Cl)c(OC)c([N+](=O)[O-])c1F. The first-order valence-corrected chi connectivity index (χ1v) is 4.60. The highest BCUT2D eigenvalue weighted by atomic mass is 35.5. The van der Waals surface area contributed by atoms with E-state index < -0.39 is 16.4 Å². The Bertz CT molecular complexity index is 413. The molecule has 7 heteroatoms. The third-order valence-corrected chi connectivity index (χ3v) is 2.27. The maximum atomic E-state index is 13.6. The van der Waals surface area contributed by atoms with Crippen molar-refractivity contribution >= 4 is 25.1 Å². The molecule has 1 aromatic rings. The summed E-state index contributed by atoms with van der Waals surface area (Å²) in [7, 11) is 2.89. The largest absolute Gasteiger partial charge is 0.489 e. The number of ether oxygens (including phenoxy) is 1. The smallest absolute Gasteiger partial charge is 0.348 e. The lowest BCUT2D eigenvalue weighted by Gasteiger charge is -2.07. The molecule has 15 heavy (non-hydrogen) atoms. The Morgan fingerprint density at radius 3 is 2.73 bits per heavy atom. The molecule has 1 rings (SSSR count). The van der Waals surface area contributed by atoms with E-state index in [1.54, 1.807) is 7.85 Å². The molecule has 0 N–H and O–H groups in total. The summed E-state index contributed by atoms with van der Waals surface area (Å²) in [6.07, 6.45) is 0.330. The van der Waals surface area contributed by atoms with Crippen molar-refractivity contribution in [3.8, 4) is 5.75 Å². The highest BCUT2D eigenvalue weighted by Gasteiger charge is 2.26. The summed E-state index contributed by atoms with van der Waals surface area (Å²) in [5.74, 6) is -1.12. The van der Waals surface area contributed by atoms with Gasteiger partial charge in [0.2, 0.25) is 11.6 Å². The highest BCUT2D eigenvalue weighted by Crippen LogP contribution is 2.38. The minimum Gasteiger partial charge on any atom is -0.489 e. The predicted octanol–water partition coefficient (Wildman–Crippen LogP) is 1.53. The van der Waals surface area contributed by atoms with Gasteiger partial charge in [-0.15, -0.1) is 0 Å². The number of hydrogen-bond donors (Lipinski definition) is 0. The summed E-state index contributed by atoms with van der Waals surface area (Å²) in [5, 5.41) is 10.7. The van der Waals surface area contributed by atoms with Crippen molar-refractivity contribution in [2.45, 2.75) is 6.32 Å². The number of methoxy groups -OCH3 is 1. The van der Waals surface area contributed by atoms with E-state index in [9.17, 15) is 14.5 Å². The number of nitro groups is 1. The number of benzene rings is 1. The zero-order valence-electron chi connectivity index (χ0n) is 8.21. The quantitative estimate of drug-likeness (QED) is 0.450. The molecule has 4 nitrogen and oxygen atoms in total. The summed E-state index contributed by atoms with van der Waals surface area (Å²) in [5.41, 5.74) is -0.505. The highest BCUT2D eigenvalue weighted by molar-refractivity contribution is 6.32. The summed E-state index contributed by atoms with van der Waals surface area (Å²) >= 11 is 5.73. The van der Waals surface area contributed by atoms with Crippen molar-refractivity contribution in [3.05, 3.63) is 32.6 Å². The van der Waals surface area contributed by atoms with E-state index >= 15 is 0 Å². The summed E-state index contributed by atoms with van der Waals surface area (Å²) in [4.78, 5) is 9.81. The van der Waals surface area contributed by atoms with Gasteiger partial charge in [-0.2, -0.15) is 4.39 Å². The van der Waals surface area contributed by atoms with Crippen molar-refractivity contribution in [2.24, 2.45) is 0 Å². The first-order valence-electron chi connectivity index (χ1n) is 4.22. The molecule has 0 spiro atoms. The minimum atomic E-state index is -0.885. The Morgan fingerprint density at radius 1 is 1.73 bits per heavy atom. The molecule has 80 valence electrons. The van der Waals surface area contributed by atoms with Crippen LogP contribution in [0.5, 0.6) is 5.75 Å². The van der Waals surface area contributed by atoms with E-state index in [-0.39, 0.29) is 16.3 Å². The van der Waals surface area contributed by atoms with Crippen molar-refractivity contribution in [1.29, 1.82) is 0 Å². The monoisotopic (exact) mass is 231 g/mol. The standard InChI is InChI=1S/C8H8BClFNO3/c1-15-8-5(10)2-4(3-9)6(11)7(8)12(13)14/h2H,3,9H2,1H3. The van der Waals surface area contributed by atoms with E-state index in [1.807, 2.05) is 0 Å². The van der Waals surface area contributed by atoms with Gasteiger partial charge in [-0.1, -0.05) is 17.9 Å². The molecule has 0 fully saturated rings. The summed E-state index contributed by atoms with van der Waals surface area (Å²) in [6.45, 7) is 0. The van der Waals surface area contributed by atoms with Crippen LogP contribution in [0.1, 0.15) is 5.56 Å². The van der Waals surface area contributed by atoms with Crippen molar-refractivity contribution in [3.63, 3.8) is 0 Å². The summed E-state index contributed by atoms with van der Waals surface area (Å²) < 4.78 is 18.3. The number of nitro benzene ring substituents is 1. The Kier molecular flexibility index (Phi) is 3.52. The molecule has 0 aromatic heterocycles. The van der Waals surface area contributed by atoms with Gasteiger partial charge in [-0.25, -0.2) is 0 Å². The first-order chi connectivity index (χ1) is 7.02. The third kappa shape index (κ3) is 2.04. The minimum absolute atomic E-state index is 0.0439. The second-order valence-electron chi connectivity index (χ2n) is 2.82. The number of halogens is 2. The molecule has 0 saturated heterocycles. The molecular weight excluding hydrogens is 223 g/mol. The van der Waals surface area contributed by atoms with Crippen molar-refractivity contribution < 1.29 is 14.1 Å². The molecule has 0 atom stereocenters. The fourth-order valence-electron chi connectivity index (χ4n) is 1.26. The van der Waals surface area contributed by atoms with Crippen LogP contribution in [0.15, 0.2) is 6.07 Å². The van der Waals surface area contributed by atoms with Gasteiger partial charge in [0.15, 0.2) is 0 Å². The fourth-order valence-corrected chi connectivity index (χ4v) is 1.56. The van der Waals surface area contributed by atoms with E-state index in [0.717, 1.165) is 0 Å². The van der Waals surface area contributed by atoms with E-state index in [2.05, 4.69) is 0 Å².